The van der Waals surface area contributed by atoms with Gasteiger partial charge < -0.3 is 10.1 Å². The number of alkyl halides is 3. The molecule has 2 rings (SSSR count). The number of hydrogen-bond acceptors (Lipinski definition) is 3. The van der Waals surface area contributed by atoms with E-state index in [9.17, 15) is 0 Å². The van der Waals surface area contributed by atoms with E-state index in [2.05, 4.69) is 10.3 Å². The lowest BCUT2D eigenvalue weighted by molar-refractivity contribution is 0.299. The van der Waals surface area contributed by atoms with Crippen LogP contribution in [0, 0.1) is 0 Å². The molecule has 0 spiro atoms. The van der Waals surface area contributed by atoms with E-state index in [0.29, 0.717) is 12.2 Å². The smallest absolute Gasteiger partial charge is 0.261 e. The van der Waals surface area contributed by atoms with Gasteiger partial charge in [-0.25, -0.2) is 0 Å². The fraction of sp³-hybridized carbons (Fsp3) is 0.143. The van der Waals surface area contributed by atoms with Crippen LogP contribution in [0.15, 0.2) is 48.8 Å². The third-order valence-corrected chi connectivity index (χ3v) is 3.43. The van der Waals surface area contributed by atoms with E-state index >= 15 is 0 Å². The Hall–Kier alpha value is -1.07. The zero-order chi connectivity index (χ0) is 15.3. The lowest BCUT2D eigenvalue weighted by Crippen LogP contribution is -2.13. The molecule has 3 nitrogen and oxygen atoms in total. The normalized spacial score (nSPS) is 11.0. The van der Waals surface area contributed by atoms with Gasteiger partial charge in [-0.15, -0.1) is 0 Å². The topological polar surface area (TPSA) is 34.1 Å². The van der Waals surface area contributed by atoms with Gasteiger partial charge in [-0.1, -0.05) is 53.0 Å². The summed E-state index contributed by atoms with van der Waals surface area (Å²) in [5.74, 6) is 0. The van der Waals surface area contributed by atoms with E-state index in [4.69, 9.17) is 51.8 Å². The summed E-state index contributed by atoms with van der Waals surface area (Å²) < 4.78 is 4.00. The van der Waals surface area contributed by atoms with Gasteiger partial charge in [0.25, 0.3) is 5.17 Å². The van der Waals surface area contributed by atoms with Gasteiger partial charge in [0, 0.05) is 29.2 Å². The van der Waals surface area contributed by atoms with Crippen LogP contribution in [0.1, 0.15) is 11.1 Å². The molecule has 7 heteroatoms. The monoisotopic (exact) mass is 360 g/mol. The molecule has 0 radical (unpaired) electrons. The Morgan fingerprint density at radius 2 is 1.90 bits per heavy atom. The average Bonchev–Trinajstić information content (AvgIpc) is 2.46. The van der Waals surface area contributed by atoms with E-state index in [1.807, 2.05) is 12.1 Å². The molecule has 21 heavy (non-hydrogen) atoms. The molecule has 0 aliphatic carbocycles. The van der Waals surface area contributed by atoms with Gasteiger partial charge in [0.05, 0.1) is 0 Å². The molecule has 1 aromatic heterocycles. The molecule has 1 aromatic carbocycles. The van der Waals surface area contributed by atoms with Crippen molar-refractivity contribution < 1.29 is 4.74 Å². The first-order valence-electron chi connectivity index (χ1n) is 5.95. The highest BCUT2D eigenvalue weighted by Gasteiger charge is 2.22. The molecule has 110 valence electrons. The Labute approximate surface area is 143 Å². The van der Waals surface area contributed by atoms with E-state index in [1.165, 1.54) is 0 Å². The molecule has 0 saturated heterocycles. The van der Waals surface area contributed by atoms with E-state index in [-0.39, 0.29) is 5.17 Å². The summed E-state index contributed by atoms with van der Waals surface area (Å²) in [7, 11) is 0. The average molecular weight is 362 g/mol. The van der Waals surface area contributed by atoms with Gasteiger partial charge in [0.15, 0.2) is 0 Å². The van der Waals surface area contributed by atoms with Crippen LogP contribution in [0.3, 0.4) is 0 Å². The van der Waals surface area contributed by atoms with Crippen LogP contribution in [-0.2, 0) is 15.1 Å². The summed E-state index contributed by atoms with van der Waals surface area (Å²) in [4.78, 5) is 4.00. The second kappa shape index (κ2) is 7.27. The maximum Gasteiger partial charge on any atom is 0.261 e. The minimum atomic E-state index is -1.43. The number of anilines is 1. The van der Waals surface area contributed by atoms with Crippen LogP contribution in [0.2, 0.25) is 0 Å². The predicted octanol–water partition coefficient (Wildman–Crippen LogP) is 4.82. The molecule has 1 N–H and O–H groups in total. The number of rotatable bonds is 3. The molecule has 1 heterocycles. The number of thiocarbonyl (C=S) groups is 1. The number of aromatic nitrogens is 1. The predicted molar refractivity (Wildman–Crippen MR) is 90.9 cm³/mol. The van der Waals surface area contributed by atoms with Crippen molar-refractivity contribution in [2.75, 3.05) is 5.32 Å². The van der Waals surface area contributed by atoms with Gasteiger partial charge in [-0.2, -0.15) is 0 Å². The summed E-state index contributed by atoms with van der Waals surface area (Å²) in [6.45, 7) is 0.353. The summed E-state index contributed by atoms with van der Waals surface area (Å²) in [6.07, 6.45) is 3.42. The van der Waals surface area contributed by atoms with Gasteiger partial charge in [-0.05, 0) is 30.4 Å². The number of nitrogens with zero attached hydrogens (tertiary/aromatic N) is 1. The lowest BCUT2D eigenvalue weighted by Gasteiger charge is -2.13. The summed E-state index contributed by atoms with van der Waals surface area (Å²) in [6, 6.07) is 10.7. The van der Waals surface area contributed by atoms with Crippen LogP contribution in [0.5, 0.6) is 0 Å². The number of halogens is 3. The van der Waals surface area contributed by atoms with Crippen molar-refractivity contribution in [3.63, 3.8) is 0 Å². The number of benzene rings is 1. The minimum Gasteiger partial charge on any atom is -0.466 e. The number of pyridine rings is 1. The van der Waals surface area contributed by atoms with Crippen molar-refractivity contribution in [3.05, 3.63) is 59.9 Å². The van der Waals surface area contributed by atoms with Crippen molar-refractivity contribution in [2.45, 2.75) is 10.4 Å². The summed E-state index contributed by atoms with van der Waals surface area (Å²) in [5.41, 5.74) is 2.28. The molecule has 0 amide bonds. The van der Waals surface area contributed by atoms with E-state index in [0.717, 1.165) is 11.3 Å². The molecule has 0 aliphatic rings. The molecule has 0 saturated carbocycles. The molecular formula is C14H11Cl3N2OS. The summed E-state index contributed by atoms with van der Waals surface area (Å²) in [5, 5.41) is 3.21. The molecule has 0 bridgehead atoms. The quantitative estimate of drug-likeness (QED) is 0.627. The number of nitrogens with one attached hydrogen (secondary N) is 1. The Kier molecular flexibility index (Phi) is 5.65. The molecule has 0 fully saturated rings. The number of ether oxygens (including phenoxy) is 1. The van der Waals surface area contributed by atoms with Gasteiger partial charge in [0.1, 0.15) is 6.61 Å². The Morgan fingerprint density at radius 1 is 1.19 bits per heavy atom. The Bertz CT molecular complexity index is 600. The van der Waals surface area contributed by atoms with E-state index < -0.39 is 3.79 Å². The first kappa shape index (κ1) is 16.3. The van der Waals surface area contributed by atoms with Crippen molar-refractivity contribution in [2.24, 2.45) is 0 Å². The first-order valence-corrected chi connectivity index (χ1v) is 7.49. The van der Waals surface area contributed by atoms with Crippen molar-refractivity contribution >= 4 is 57.9 Å². The highest BCUT2D eigenvalue weighted by molar-refractivity contribution is 7.80. The maximum absolute atomic E-state index is 5.79. The molecule has 0 atom stereocenters. The molecule has 2 aromatic rings. The third kappa shape index (κ3) is 5.32. The van der Waals surface area contributed by atoms with Crippen LogP contribution < -0.4 is 5.32 Å². The molecule has 0 aliphatic heterocycles. The van der Waals surface area contributed by atoms with Crippen LogP contribution in [0.4, 0.5) is 5.69 Å². The van der Waals surface area contributed by atoms with Gasteiger partial charge in [-0.3, -0.25) is 4.98 Å². The van der Waals surface area contributed by atoms with Crippen LogP contribution >= 0.6 is 47.0 Å². The van der Waals surface area contributed by atoms with Crippen molar-refractivity contribution in [1.29, 1.82) is 0 Å². The molecular weight excluding hydrogens is 351 g/mol. The second-order valence-corrected chi connectivity index (χ2v) is 6.79. The largest absolute Gasteiger partial charge is 0.466 e. The highest BCUT2D eigenvalue weighted by atomic mass is 35.6. The fourth-order valence-corrected chi connectivity index (χ4v) is 2.08. The van der Waals surface area contributed by atoms with Crippen LogP contribution in [-0.4, -0.2) is 10.2 Å². The van der Waals surface area contributed by atoms with E-state index in [1.54, 1.807) is 36.7 Å². The third-order valence-electron chi connectivity index (χ3n) is 2.55. The summed E-state index contributed by atoms with van der Waals surface area (Å²) >= 11 is 22.5. The van der Waals surface area contributed by atoms with Gasteiger partial charge >= 0.3 is 0 Å². The van der Waals surface area contributed by atoms with Gasteiger partial charge in [0.2, 0.25) is 3.79 Å². The zero-order valence-corrected chi connectivity index (χ0v) is 13.8. The van der Waals surface area contributed by atoms with Crippen LogP contribution in [0.25, 0.3) is 0 Å². The molecule has 0 unspecified atom stereocenters. The van der Waals surface area contributed by atoms with Crippen molar-refractivity contribution in [3.8, 4) is 0 Å². The van der Waals surface area contributed by atoms with Crippen molar-refractivity contribution in [1.82, 2.24) is 4.98 Å². The Balaban J connectivity index is 1.88. The first-order chi connectivity index (χ1) is 9.95. The lowest BCUT2D eigenvalue weighted by atomic mass is 10.2. The maximum atomic E-state index is 5.79. The minimum absolute atomic E-state index is 0.264. The fourth-order valence-electron chi connectivity index (χ4n) is 1.53. The SMILES string of the molecule is S=C(Nc1ccc(C(Cl)(Cl)Cl)cc1)OCc1cccnc1. The second-order valence-electron chi connectivity index (χ2n) is 4.14. The number of hydrogen-bond donors (Lipinski definition) is 1. The Morgan fingerprint density at radius 3 is 2.48 bits per heavy atom. The standard InChI is InChI=1S/C14H11Cl3N2OS/c15-14(16,17)11-3-5-12(6-4-11)19-13(21)20-9-10-2-1-7-18-8-10/h1-8H,9H2,(H,19,21). The highest BCUT2D eigenvalue weighted by Crippen LogP contribution is 2.38. The zero-order valence-electron chi connectivity index (χ0n) is 10.7.